The maximum atomic E-state index is 12.5. The molecule has 0 aliphatic carbocycles. The highest BCUT2D eigenvalue weighted by Crippen LogP contribution is 2.27. The van der Waals surface area contributed by atoms with Crippen LogP contribution in [-0.4, -0.2) is 29.8 Å². The molecule has 1 aromatic carbocycles. The van der Waals surface area contributed by atoms with E-state index in [0.29, 0.717) is 6.54 Å². The van der Waals surface area contributed by atoms with E-state index in [1.54, 1.807) is 36.4 Å². The van der Waals surface area contributed by atoms with Crippen LogP contribution in [-0.2, 0) is 18.4 Å². The van der Waals surface area contributed by atoms with Crippen LogP contribution in [0.25, 0.3) is 11.1 Å². The van der Waals surface area contributed by atoms with Gasteiger partial charge < -0.3 is 15.4 Å². The molecule has 0 saturated heterocycles. The molecule has 0 spiro atoms. The molecule has 0 fully saturated rings. The highest BCUT2D eigenvalue weighted by atomic mass is 35.5. The van der Waals surface area contributed by atoms with Gasteiger partial charge in [0.25, 0.3) is 0 Å². The number of amides is 1. The minimum Gasteiger partial charge on any atom is -0.497 e. The van der Waals surface area contributed by atoms with Crippen molar-refractivity contribution in [2.75, 3.05) is 14.2 Å². The van der Waals surface area contributed by atoms with E-state index in [-0.39, 0.29) is 18.3 Å². The molecule has 0 aliphatic heterocycles. The van der Waals surface area contributed by atoms with Crippen LogP contribution >= 0.6 is 23.7 Å². The van der Waals surface area contributed by atoms with Crippen LogP contribution in [0.4, 0.5) is 0 Å². The average molecular weight is 407 g/mol. The van der Waals surface area contributed by atoms with Crippen LogP contribution in [0.5, 0.6) is 5.75 Å². The van der Waals surface area contributed by atoms with Gasteiger partial charge in [-0.15, -0.1) is 23.7 Å². The van der Waals surface area contributed by atoms with Crippen LogP contribution in [0.3, 0.4) is 0 Å². The molecule has 2 heterocycles. The normalized spacial score (nSPS) is 11.5. The summed E-state index contributed by atoms with van der Waals surface area (Å²) in [5, 5.41) is 12.3. The Labute approximate surface area is 169 Å². The van der Waals surface area contributed by atoms with Crippen molar-refractivity contribution in [3.05, 3.63) is 58.5 Å². The van der Waals surface area contributed by atoms with Crippen LogP contribution < -0.4 is 15.4 Å². The topological polar surface area (TPSA) is 68.2 Å². The summed E-state index contributed by atoms with van der Waals surface area (Å²) in [6.07, 6.45) is 3.54. The highest BCUT2D eigenvalue weighted by Gasteiger charge is 2.19. The smallest absolute Gasteiger partial charge is 0.242 e. The SMILES string of the molecule is CNC(C(=O)NCc1cc(-c2ccc(OC)cc2)cs1)c1cnn(C)c1.Cl. The van der Waals surface area contributed by atoms with Gasteiger partial charge in [0.15, 0.2) is 0 Å². The number of nitrogens with zero attached hydrogens (tertiary/aromatic N) is 2. The van der Waals surface area contributed by atoms with Crippen LogP contribution in [0.1, 0.15) is 16.5 Å². The first-order valence-electron chi connectivity index (χ1n) is 8.26. The first-order chi connectivity index (χ1) is 12.6. The fourth-order valence-electron chi connectivity index (χ4n) is 2.72. The average Bonchev–Trinajstić information content (AvgIpc) is 3.30. The predicted molar refractivity (Wildman–Crippen MR) is 110 cm³/mol. The molecule has 0 aliphatic rings. The highest BCUT2D eigenvalue weighted by molar-refractivity contribution is 7.10. The van der Waals surface area contributed by atoms with Crippen molar-refractivity contribution in [1.82, 2.24) is 20.4 Å². The Hall–Kier alpha value is -2.35. The third kappa shape index (κ3) is 5.09. The van der Waals surface area contributed by atoms with Crippen molar-refractivity contribution in [2.45, 2.75) is 12.6 Å². The minimum absolute atomic E-state index is 0. The Morgan fingerprint density at radius 2 is 2.04 bits per heavy atom. The van der Waals surface area contributed by atoms with Gasteiger partial charge in [0.2, 0.25) is 5.91 Å². The Morgan fingerprint density at radius 3 is 2.63 bits per heavy atom. The van der Waals surface area contributed by atoms with Crippen molar-refractivity contribution in [1.29, 1.82) is 0 Å². The number of benzene rings is 1. The molecule has 0 radical (unpaired) electrons. The fourth-order valence-corrected chi connectivity index (χ4v) is 3.56. The molecule has 1 unspecified atom stereocenters. The van der Waals surface area contributed by atoms with E-state index in [1.165, 1.54) is 0 Å². The quantitative estimate of drug-likeness (QED) is 0.632. The molecule has 144 valence electrons. The van der Waals surface area contributed by atoms with Gasteiger partial charge in [-0.05, 0) is 41.8 Å². The first kappa shape index (κ1) is 21.0. The van der Waals surface area contributed by atoms with Crippen LogP contribution in [0, 0.1) is 0 Å². The standard InChI is InChI=1S/C19H22N4O2S.ClH/c1-20-18(15-9-22-23(2)11-15)19(24)21-10-17-8-14(12-26-17)13-4-6-16(25-3)7-5-13;/h4-9,11-12,18,20H,10H2,1-3H3,(H,21,24);1H. The number of ether oxygens (including phenoxy) is 1. The number of aryl methyl sites for hydroxylation is 1. The molecule has 6 nitrogen and oxygen atoms in total. The number of halogens is 1. The van der Waals surface area contributed by atoms with Gasteiger partial charge in [-0.1, -0.05) is 12.1 Å². The first-order valence-corrected chi connectivity index (χ1v) is 9.14. The van der Waals surface area contributed by atoms with Gasteiger partial charge in [-0.3, -0.25) is 9.48 Å². The monoisotopic (exact) mass is 406 g/mol. The lowest BCUT2D eigenvalue weighted by Gasteiger charge is -2.14. The number of carbonyl (C=O) groups is 1. The van der Waals surface area contributed by atoms with E-state index in [4.69, 9.17) is 4.74 Å². The second-order valence-corrected chi connectivity index (χ2v) is 6.91. The molecule has 0 bridgehead atoms. The number of nitrogens with one attached hydrogen (secondary N) is 2. The molecule has 3 aromatic rings. The van der Waals surface area contributed by atoms with Crippen molar-refractivity contribution in [3.63, 3.8) is 0 Å². The lowest BCUT2D eigenvalue weighted by atomic mass is 10.1. The van der Waals surface area contributed by atoms with Crippen molar-refractivity contribution >= 4 is 29.7 Å². The molecular formula is C19H23ClN4O2S. The zero-order valence-electron chi connectivity index (χ0n) is 15.4. The summed E-state index contributed by atoms with van der Waals surface area (Å²) in [5.74, 6) is 0.768. The molecule has 2 aromatic heterocycles. The predicted octanol–water partition coefficient (Wildman–Crippen LogP) is 3.16. The molecule has 27 heavy (non-hydrogen) atoms. The second kappa shape index (κ2) is 9.55. The molecular weight excluding hydrogens is 384 g/mol. The van der Waals surface area contributed by atoms with E-state index >= 15 is 0 Å². The maximum absolute atomic E-state index is 12.5. The summed E-state index contributed by atoms with van der Waals surface area (Å²) in [7, 11) is 5.26. The zero-order chi connectivity index (χ0) is 18.5. The minimum atomic E-state index is -0.412. The van der Waals surface area contributed by atoms with E-state index in [0.717, 1.165) is 27.3 Å². The number of carbonyl (C=O) groups excluding carboxylic acids is 1. The number of thiophene rings is 1. The van der Waals surface area contributed by atoms with Gasteiger partial charge in [0.1, 0.15) is 11.8 Å². The Balaban J connectivity index is 0.00000261. The number of hydrogen-bond donors (Lipinski definition) is 2. The summed E-state index contributed by atoms with van der Waals surface area (Å²) in [6.45, 7) is 0.498. The van der Waals surface area contributed by atoms with E-state index in [9.17, 15) is 4.79 Å². The van der Waals surface area contributed by atoms with E-state index < -0.39 is 6.04 Å². The largest absolute Gasteiger partial charge is 0.497 e. The Bertz CT molecular complexity index is 876. The third-order valence-electron chi connectivity index (χ3n) is 4.12. The van der Waals surface area contributed by atoms with E-state index in [1.807, 2.05) is 37.5 Å². The maximum Gasteiger partial charge on any atom is 0.242 e. The van der Waals surface area contributed by atoms with Crippen molar-refractivity contribution in [3.8, 4) is 16.9 Å². The number of likely N-dealkylation sites (N-methyl/N-ethyl adjacent to an activating group) is 1. The number of rotatable bonds is 7. The molecule has 0 saturated carbocycles. The molecule has 8 heteroatoms. The lowest BCUT2D eigenvalue weighted by molar-refractivity contribution is -0.123. The third-order valence-corrected chi connectivity index (χ3v) is 5.06. The fraction of sp³-hybridized carbons (Fsp3) is 0.263. The second-order valence-electron chi connectivity index (χ2n) is 5.92. The van der Waals surface area contributed by atoms with Gasteiger partial charge in [-0.25, -0.2) is 0 Å². The Kier molecular flexibility index (Phi) is 7.41. The summed E-state index contributed by atoms with van der Waals surface area (Å²) in [5.41, 5.74) is 3.11. The molecule has 3 rings (SSSR count). The molecule has 2 N–H and O–H groups in total. The van der Waals surface area contributed by atoms with Gasteiger partial charge in [0, 0.05) is 23.7 Å². The van der Waals surface area contributed by atoms with Crippen LogP contribution in [0.15, 0.2) is 48.1 Å². The van der Waals surface area contributed by atoms with Gasteiger partial charge >= 0.3 is 0 Å². The summed E-state index contributed by atoms with van der Waals surface area (Å²) in [6, 6.07) is 9.64. The van der Waals surface area contributed by atoms with Crippen LogP contribution in [0.2, 0.25) is 0 Å². The zero-order valence-corrected chi connectivity index (χ0v) is 17.1. The number of hydrogen-bond acceptors (Lipinski definition) is 5. The lowest BCUT2D eigenvalue weighted by Crippen LogP contribution is -2.35. The van der Waals surface area contributed by atoms with Crippen molar-refractivity contribution in [2.24, 2.45) is 7.05 Å². The van der Waals surface area contributed by atoms with Gasteiger partial charge in [-0.2, -0.15) is 5.10 Å². The summed E-state index contributed by atoms with van der Waals surface area (Å²) >= 11 is 1.63. The Morgan fingerprint density at radius 1 is 1.30 bits per heavy atom. The summed E-state index contributed by atoms with van der Waals surface area (Å²) in [4.78, 5) is 13.6. The van der Waals surface area contributed by atoms with E-state index in [2.05, 4.69) is 27.2 Å². The molecule has 1 atom stereocenters. The van der Waals surface area contributed by atoms with Gasteiger partial charge in [0.05, 0.1) is 19.9 Å². The number of methoxy groups -OCH3 is 1. The molecule has 1 amide bonds. The summed E-state index contributed by atoms with van der Waals surface area (Å²) < 4.78 is 6.88. The van der Waals surface area contributed by atoms with Crippen molar-refractivity contribution < 1.29 is 9.53 Å². The number of aromatic nitrogens is 2.